The number of fused-ring (bicyclic) bond motifs is 5. The van der Waals surface area contributed by atoms with Crippen LogP contribution in [-0.4, -0.2) is 54.6 Å². The summed E-state index contributed by atoms with van der Waals surface area (Å²) in [6.07, 6.45) is 16.6. The summed E-state index contributed by atoms with van der Waals surface area (Å²) < 4.78 is 0. The molecule has 4 fully saturated rings. The third-order valence-corrected chi connectivity index (χ3v) is 13.4. The van der Waals surface area contributed by atoms with Gasteiger partial charge in [0.1, 0.15) is 0 Å². The summed E-state index contributed by atoms with van der Waals surface area (Å²) in [5.74, 6) is 4.34. The van der Waals surface area contributed by atoms with Gasteiger partial charge in [-0.2, -0.15) is 0 Å². The first-order chi connectivity index (χ1) is 19.2. The van der Waals surface area contributed by atoms with Gasteiger partial charge >= 0.3 is 0 Å². The summed E-state index contributed by atoms with van der Waals surface area (Å²) in [7, 11) is 0. The molecule has 0 heterocycles. The predicted molar refractivity (Wildman–Crippen MR) is 168 cm³/mol. The van der Waals surface area contributed by atoms with E-state index in [0.29, 0.717) is 52.4 Å². The lowest BCUT2D eigenvalue weighted by atomic mass is 9.43. The van der Waals surface area contributed by atoms with Gasteiger partial charge in [0.05, 0.1) is 12.2 Å². The van der Waals surface area contributed by atoms with E-state index in [9.17, 15) is 10.2 Å². The minimum absolute atomic E-state index is 0.120. The maximum atomic E-state index is 11.8. The Morgan fingerprint density at radius 1 is 0.875 bits per heavy atom. The zero-order valence-electron chi connectivity index (χ0n) is 27.0. The van der Waals surface area contributed by atoms with Crippen LogP contribution in [0.5, 0.6) is 0 Å². The van der Waals surface area contributed by atoms with Gasteiger partial charge in [0.15, 0.2) is 0 Å². The van der Waals surface area contributed by atoms with Gasteiger partial charge in [-0.1, -0.05) is 41.0 Å². The normalized spacial score (nSPS) is 41.5. The van der Waals surface area contributed by atoms with Gasteiger partial charge < -0.3 is 26.6 Å². The molecule has 5 heteroatoms. The Morgan fingerprint density at radius 2 is 1.60 bits per heavy atom. The van der Waals surface area contributed by atoms with Crippen molar-refractivity contribution in [2.24, 2.45) is 58.0 Å². The minimum Gasteiger partial charge on any atom is -0.393 e. The van der Waals surface area contributed by atoms with Crippen LogP contribution in [0.25, 0.3) is 0 Å². The highest BCUT2D eigenvalue weighted by Crippen LogP contribution is 2.68. The molecular weight excluding hydrogens is 494 g/mol. The fraction of sp³-hybridized carbons (Fsp3) is 1.00. The topological polar surface area (TPSA) is 90.5 Å². The molecule has 0 aromatic heterocycles. The van der Waals surface area contributed by atoms with E-state index in [4.69, 9.17) is 5.73 Å². The minimum atomic E-state index is -0.155. The van der Waals surface area contributed by atoms with E-state index in [2.05, 4.69) is 45.3 Å². The Labute approximate surface area is 247 Å². The van der Waals surface area contributed by atoms with Crippen molar-refractivity contribution in [2.45, 2.75) is 143 Å². The molecule has 0 aromatic rings. The maximum absolute atomic E-state index is 11.8. The standard InChI is InChI=1S/C35H67N3O2/c1-6-24(2)31(39)13-10-25(3)28-11-12-29-33-30(15-17-35(28,29)5)34(4)16-14-27(22-26(34)23-32(33)40)38-21-9-20-37-19-8-7-18-36/h24-33,37-40H,6-23,36H2,1-5H3/t24?,25-,26-,27+,28?,29?,30?,31?,32-,33?,34+,35-/m1/s1. The molecule has 0 aliphatic heterocycles. The Morgan fingerprint density at radius 3 is 2.35 bits per heavy atom. The van der Waals surface area contributed by atoms with E-state index < -0.39 is 0 Å². The number of unbranched alkanes of at least 4 members (excludes halogenated alkanes) is 1. The van der Waals surface area contributed by atoms with Gasteiger partial charge in [-0.25, -0.2) is 0 Å². The van der Waals surface area contributed by atoms with Crippen LogP contribution in [0, 0.1) is 52.3 Å². The molecule has 0 saturated heterocycles. The van der Waals surface area contributed by atoms with Crippen molar-refractivity contribution >= 4 is 0 Å². The van der Waals surface area contributed by atoms with Crippen molar-refractivity contribution in [1.29, 1.82) is 0 Å². The number of hydrogen-bond donors (Lipinski definition) is 5. The quantitative estimate of drug-likeness (QED) is 0.156. The molecule has 6 N–H and O–H groups in total. The van der Waals surface area contributed by atoms with Crippen LogP contribution in [-0.2, 0) is 0 Å². The summed E-state index contributed by atoms with van der Waals surface area (Å²) in [5.41, 5.74) is 6.35. The van der Waals surface area contributed by atoms with Gasteiger partial charge in [-0.3, -0.25) is 0 Å². The molecular formula is C35H67N3O2. The third-order valence-electron chi connectivity index (χ3n) is 13.4. The zero-order valence-corrected chi connectivity index (χ0v) is 27.0. The molecule has 234 valence electrons. The summed E-state index contributed by atoms with van der Waals surface area (Å²) >= 11 is 0. The highest BCUT2D eigenvalue weighted by molar-refractivity contribution is 5.12. The summed E-state index contributed by atoms with van der Waals surface area (Å²) in [6.45, 7) is 16.1. The van der Waals surface area contributed by atoms with E-state index in [1.54, 1.807) is 0 Å². The molecule has 0 spiro atoms. The van der Waals surface area contributed by atoms with E-state index in [0.717, 1.165) is 64.2 Å². The molecule has 40 heavy (non-hydrogen) atoms. The highest BCUT2D eigenvalue weighted by Gasteiger charge is 2.62. The second-order valence-corrected chi connectivity index (χ2v) is 15.6. The SMILES string of the molecule is CCC(C)C(O)CC[C@@H](C)C1CCC2C3C(CC[C@@]21C)[C@@]1(C)CC[C@H](NCCCNCCCCN)C[C@@H]1C[C@H]3O. The molecule has 5 nitrogen and oxygen atoms in total. The van der Waals surface area contributed by atoms with Gasteiger partial charge in [-0.05, 0) is 162 Å². The fourth-order valence-electron chi connectivity index (χ4n) is 10.6. The zero-order chi connectivity index (χ0) is 28.9. The van der Waals surface area contributed by atoms with Crippen molar-refractivity contribution < 1.29 is 10.2 Å². The molecule has 0 bridgehead atoms. The number of aliphatic hydroxyl groups excluding tert-OH is 2. The second-order valence-electron chi connectivity index (χ2n) is 15.6. The van der Waals surface area contributed by atoms with Crippen LogP contribution in [0.2, 0.25) is 0 Å². The number of rotatable bonds is 15. The molecule has 0 amide bonds. The number of nitrogens with one attached hydrogen (secondary N) is 2. The van der Waals surface area contributed by atoms with Crippen LogP contribution >= 0.6 is 0 Å². The lowest BCUT2D eigenvalue weighted by Gasteiger charge is -2.62. The summed E-state index contributed by atoms with van der Waals surface area (Å²) in [5, 5.41) is 29.8. The lowest BCUT2D eigenvalue weighted by molar-refractivity contribution is -0.167. The Bertz CT molecular complexity index is 765. The molecule has 0 radical (unpaired) electrons. The van der Waals surface area contributed by atoms with Crippen molar-refractivity contribution in [2.75, 3.05) is 26.2 Å². The van der Waals surface area contributed by atoms with E-state index in [1.165, 1.54) is 57.8 Å². The molecule has 4 rings (SSSR count). The van der Waals surface area contributed by atoms with Crippen molar-refractivity contribution in [1.82, 2.24) is 10.6 Å². The molecule has 4 aliphatic rings. The molecule has 0 aromatic carbocycles. The first-order valence-corrected chi connectivity index (χ1v) is 17.7. The smallest absolute Gasteiger partial charge is 0.0577 e. The number of nitrogens with two attached hydrogens (primary N) is 1. The van der Waals surface area contributed by atoms with Crippen LogP contribution < -0.4 is 16.4 Å². The lowest BCUT2D eigenvalue weighted by Crippen LogP contribution is -2.59. The summed E-state index contributed by atoms with van der Waals surface area (Å²) in [4.78, 5) is 0. The Kier molecular flexibility index (Phi) is 11.9. The van der Waals surface area contributed by atoms with Crippen LogP contribution in [0.3, 0.4) is 0 Å². The molecule has 4 aliphatic carbocycles. The third kappa shape index (κ3) is 6.95. The maximum Gasteiger partial charge on any atom is 0.0577 e. The van der Waals surface area contributed by atoms with Crippen LogP contribution in [0.1, 0.15) is 125 Å². The van der Waals surface area contributed by atoms with Gasteiger partial charge in [0.2, 0.25) is 0 Å². The van der Waals surface area contributed by atoms with Crippen LogP contribution in [0.4, 0.5) is 0 Å². The predicted octanol–water partition coefficient (Wildman–Crippen LogP) is 6.12. The Balaban J connectivity index is 1.30. The van der Waals surface area contributed by atoms with Crippen molar-refractivity contribution in [3.63, 3.8) is 0 Å². The van der Waals surface area contributed by atoms with Gasteiger partial charge in [0, 0.05) is 6.04 Å². The second kappa shape index (κ2) is 14.5. The van der Waals surface area contributed by atoms with Gasteiger partial charge in [-0.15, -0.1) is 0 Å². The van der Waals surface area contributed by atoms with Crippen LogP contribution in [0.15, 0.2) is 0 Å². The van der Waals surface area contributed by atoms with Gasteiger partial charge in [0.25, 0.3) is 0 Å². The van der Waals surface area contributed by atoms with E-state index in [1.807, 2.05) is 0 Å². The number of aliphatic hydroxyl groups is 2. The molecule has 12 atom stereocenters. The average Bonchev–Trinajstić information content (AvgIpc) is 3.30. The highest BCUT2D eigenvalue weighted by atomic mass is 16.3. The van der Waals surface area contributed by atoms with E-state index >= 15 is 0 Å². The first kappa shape index (κ1) is 32.7. The summed E-state index contributed by atoms with van der Waals surface area (Å²) in [6, 6.07) is 0.621. The number of hydrogen-bond acceptors (Lipinski definition) is 5. The monoisotopic (exact) mass is 562 g/mol. The van der Waals surface area contributed by atoms with Crippen molar-refractivity contribution in [3.8, 4) is 0 Å². The largest absolute Gasteiger partial charge is 0.393 e. The average molecular weight is 562 g/mol. The van der Waals surface area contributed by atoms with Crippen molar-refractivity contribution in [3.05, 3.63) is 0 Å². The fourth-order valence-corrected chi connectivity index (χ4v) is 10.6. The van der Waals surface area contributed by atoms with E-state index in [-0.39, 0.29) is 12.2 Å². The molecule has 4 saturated carbocycles. The first-order valence-electron chi connectivity index (χ1n) is 17.7. The molecule has 6 unspecified atom stereocenters. The Hall–Kier alpha value is -0.200.